The highest BCUT2D eigenvalue weighted by molar-refractivity contribution is 7.11. The zero-order valence-electron chi connectivity index (χ0n) is 18.2. The van der Waals surface area contributed by atoms with E-state index in [1.54, 1.807) is 19.1 Å². The van der Waals surface area contributed by atoms with Crippen LogP contribution < -0.4 is 21.1 Å². The normalized spacial score (nSPS) is 15.2. The van der Waals surface area contributed by atoms with E-state index in [-0.39, 0.29) is 34.8 Å². The maximum Gasteiger partial charge on any atom is 0.319 e. The molecule has 0 bridgehead atoms. The Morgan fingerprint density at radius 3 is 2.81 bits per heavy atom. The van der Waals surface area contributed by atoms with Crippen molar-refractivity contribution in [2.75, 3.05) is 44.7 Å². The zero-order valence-corrected chi connectivity index (χ0v) is 19.0. The molecule has 1 aromatic heterocycles. The maximum absolute atomic E-state index is 13.7. The van der Waals surface area contributed by atoms with Gasteiger partial charge in [-0.2, -0.15) is 4.37 Å². The smallest absolute Gasteiger partial charge is 0.319 e. The summed E-state index contributed by atoms with van der Waals surface area (Å²) >= 11 is 0.892. The Balaban J connectivity index is 1.54. The van der Waals surface area contributed by atoms with Crippen LogP contribution in [0.4, 0.5) is 14.2 Å². The number of aromatic nitrogens is 1. The van der Waals surface area contributed by atoms with E-state index >= 15 is 0 Å². The van der Waals surface area contributed by atoms with Gasteiger partial charge in [-0.3, -0.25) is 15.0 Å². The number of hydrogen-bond donors (Lipinski definition) is 3. The molecule has 2 heterocycles. The summed E-state index contributed by atoms with van der Waals surface area (Å²) < 4.78 is 28.7. The van der Waals surface area contributed by atoms with Crippen LogP contribution in [-0.4, -0.2) is 60.6 Å². The van der Waals surface area contributed by atoms with E-state index in [4.69, 9.17) is 15.2 Å². The van der Waals surface area contributed by atoms with Gasteiger partial charge in [0.15, 0.2) is 0 Å². The largest absolute Gasteiger partial charge is 0.472 e. The van der Waals surface area contributed by atoms with E-state index in [2.05, 4.69) is 26.8 Å². The highest BCUT2D eigenvalue weighted by Gasteiger charge is 2.22. The lowest BCUT2D eigenvalue weighted by atomic mass is 10.1. The van der Waals surface area contributed by atoms with Crippen LogP contribution in [0.15, 0.2) is 18.2 Å². The minimum Gasteiger partial charge on any atom is -0.472 e. The first-order valence-electron chi connectivity index (χ1n) is 10.4. The summed E-state index contributed by atoms with van der Waals surface area (Å²) in [6.45, 7) is 8.27. The first-order valence-corrected chi connectivity index (χ1v) is 11.1. The van der Waals surface area contributed by atoms with E-state index in [1.165, 1.54) is 6.07 Å². The van der Waals surface area contributed by atoms with Crippen molar-refractivity contribution >= 4 is 28.5 Å². The fourth-order valence-electron chi connectivity index (χ4n) is 3.26. The molecule has 9 nitrogen and oxygen atoms in total. The Hall–Kier alpha value is -2.76. The molecule has 1 fully saturated rings. The van der Waals surface area contributed by atoms with Crippen LogP contribution in [0.1, 0.15) is 28.4 Å². The Morgan fingerprint density at radius 1 is 1.38 bits per heavy atom. The van der Waals surface area contributed by atoms with Crippen LogP contribution in [0.5, 0.6) is 5.88 Å². The van der Waals surface area contributed by atoms with Crippen LogP contribution >= 0.6 is 11.5 Å². The summed E-state index contributed by atoms with van der Waals surface area (Å²) in [5, 5.41) is 5.61. The number of anilines is 1. The minimum atomic E-state index is -0.778. The number of carbonyl (C=O) groups excluding carboxylic acids is 2. The van der Waals surface area contributed by atoms with Crippen LogP contribution in [0.25, 0.3) is 0 Å². The fraction of sp³-hybridized carbons (Fsp3) is 0.476. The molecule has 3 rings (SSSR count). The van der Waals surface area contributed by atoms with Gasteiger partial charge in [0.2, 0.25) is 5.88 Å². The Kier molecular flexibility index (Phi) is 8.37. The predicted molar refractivity (Wildman–Crippen MR) is 120 cm³/mol. The second-order valence-corrected chi connectivity index (χ2v) is 8.55. The van der Waals surface area contributed by atoms with Gasteiger partial charge in [0, 0.05) is 26.2 Å². The Morgan fingerprint density at radius 2 is 2.12 bits per heavy atom. The molecule has 4 N–H and O–H groups in total. The molecule has 3 amide bonds. The molecule has 2 aromatic rings. The zero-order chi connectivity index (χ0) is 23.1. The highest BCUT2D eigenvalue weighted by Crippen LogP contribution is 2.30. The van der Waals surface area contributed by atoms with Crippen LogP contribution in [0.2, 0.25) is 0 Å². The number of hydrogen-bond acceptors (Lipinski definition) is 7. The molecule has 1 saturated heterocycles. The summed E-state index contributed by atoms with van der Waals surface area (Å²) in [7, 11) is 0. The molecule has 1 aliphatic rings. The number of nitrogens with one attached hydrogen (secondary N) is 2. The molecule has 1 aromatic carbocycles. The lowest BCUT2D eigenvalue weighted by Crippen LogP contribution is -2.42. The molecule has 1 aliphatic heterocycles. The van der Waals surface area contributed by atoms with Crippen molar-refractivity contribution in [1.29, 1.82) is 0 Å². The third-order valence-electron chi connectivity index (χ3n) is 5.03. The first kappa shape index (κ1) is 23.9. The summed E-state index contributed by atoms with van der Waals surface area (Å²) in [6, 6.07) is 4.26. The fourth-order valence-corrected chi connectivity index (χ4v) is 3.99. The SMILES string of the molecule is Cc1ccc(COc2nsc(NC(=O)NCC(C)CN3CCOCC3)c2C(N)=O)cc1F. The van der Waals surface area contributed by atoms with Crippen molar-refractivity contribution in [3.8, 4) is 5.88 Å². The second-order valence-electron chi connectivity index (χ2n) is 7.78. The number of benzene rings is 1. The van der Waals surface area contributed by atoms with Gasteiger partial charge in [-0.1, -0.05) is 19.1 Å². The number of morpholine rings is 1. The number of halogens is 1. The molecule has 0 spiro atoms. The number of carbonyl (C=O) groups is 2. The van der Waals surface area contributed by atoms with E-state index in [1.807, 2.05) is 0 Å². The van der Waals surface area contributed by atoms with E-state index in [0.717, 1.165) is 44.4 Å². The number of primary amides is 1. The van der Waals surface area contributed by atoms with Crippen LogP contribution in [0.3, 0.4) is 0 Å². The number of rotatable bonds is 9. The van der Waals surface area contributed by atoms with Crippen molar-refractivity contribution in [1.82, 2.24) is 14.6 Å². The summed E-state index contributed by atoms with van der Waals surface area (Å²) in [4.78, 5) is 26.6. The number of amides is 3. The predicted octanol–water partition coefficient (Wildman–Crippen LogP) is 2.36. The molecular formula is C21H28FN5O4S. The molecular weight excluding hydrogens is 437 g/mol. The quantitative estimate of drug-likeness (QED) is 0.523. The van der Waals surface area contributed by atoms with Gasteiger partial charge in [-0.25, -0.2) is 9.18 Å². The van der Waals surface area contributed by atoms with Gasteiger partial charge >= 0.3 is 6.03 Å². The van der Waals surface area contributed by atoms with Crippen LogP contribution in [0, 0.1) is 18.7 Å². The highest BCUT2D eigenvalue weighted by atomic mass is 32.1. The van der Waals surface area contributed by atoms with Gasteiger partial charge < -0.3 is 20.5 Å². The molecule has 1 unspecified atom stereocenters. The standard InChI is InChI=1S/C21H28FN5O4S/c1-13(11-27-5-7-30-8-6-27)10-24-21(29)25-20-17(18(23)28)19(26-32-20)31-12-15-4-3-14(2)16(22)9-15/h3-4,9,13H,5-8,10-12H2,1-2H3,(H2,23,28)(H2,24,25,29). The summed E-state index contributed by atoms with van der Waals surface area (Å²) in [6.07, 6.45) is 0. The average molecular weight is 466 g/mol. The van der Waals surface area contributed by atoms with Crippen molar-refractivity contribution in [2.45, 2.75) is 20.5 Å². The van der Waals surface area contributed by atoms with Crippen molar-refractivity contribution < 1.29 is 23.5 Å². The molecule has 11 heteroatoms. The number of aryl methyl sites for hydroxylation is 1. The van der Waals surface area contributed by atoms with Crippen molar-refractivity contribution in [3.63, 3.8) is 0 Å². The third-order valence-corrected chi connectivity index (χ3v) is 5.78. The average Bonchev–Trinajstić information content (AvgIpc) is 3.16. The third kappa shape index (κ3) is 6.62. The lowest BCUT2D eigenvalue weighted by Gasteiger charge is -2.29. The van der Waals surface area contributed by atoms with Gasteiger partial charge in [0.05, 0.1) is 13.2 Å². The molecule has 1 atom stereocenters. The van der Waals surface area contributed by atoms with Crippen molar-refractivity contribution in [3.05, 3.63) is 40.7 Å². The van der Waals surface area contributed by atoms with Gasteiger partial charge in [0.1, 0.15) is 23.0 Å². The Bertz CT molecular complexity index is 948. The first-order chi connectivity index (χ1) is 15.3. The lowest BCUT2D eigenvalue weighted by molar-refractivity contribution is 0.0320. The topological polar surface area (TPSA) is 119 Å². The number of nitrogens with zero attached hydrogens (tertiary/aromatic N) is 2. The van der Waals surface area contributed by atoms with E-state index < -0.39 is 11.9 Å². The summed E-state index contributed by atoms with van der Waals surface area (Å²) in [5.74, 6) is -0.884. The molecule has 32 heavy (non-hydrogen) atoms. The Labute approximate surface area is 190 Å². The van der Waals surface area contributed by atoms with Crippen molar-refractivity contribution in [2.24, 2.45) is 11.7 Å². The van der Waals surface area contributed by atoms with Gasteiger partial charge in [-0.05, 0) is 41.6 Å². The van der Waals surface area contributed by atoms with E-state index in [9.17, 15) is 14.0 Å². The minimum absolute atomic E-state index is 0.000492. The van der Waals surface area contributed by atoms with Gasteiger partial charge in [0.25, 0.3) is 5.91 Å². The summed E-state index contributed by atoms with van der Waals surface area (Å²) in [5.41, 5.74) is 6.57. The number of urea groups is 1. The molecule has 0 aliphatic carbocycles. The monoisotopic (exact) mass is 465 g/mol. The van der Waals surface area contributed by atoms with E-state index in [0.29, 0.717) is 17.7 Å². The number of nitrogens with two attached hydrogens (primary N) is 1. The molecule has 174 valence electrons. The second kappa shape index (κ2) is 11.2. The maximum atomic E-state index is 13.7. The number of ether oxygens (including phenoxy) is 2. The van der Waals surface area contributed by atoms with Gasteiger partial charge in [-0.15, -0.1) is 0 Å². The van der Waals surface area contributed by atoms with Crippen LogP contribution in [-0.2, 0) is 11.3 Å². The molecule has 0 radical (unpaired) electrons. The molecule has 0 saturated carbocycles.